The summed E-state index contributed by atoms with van der Waals surface area (Å²) in [5, 5.41) is 2.25. The molecule has 0 bridgehead atoms. The highest BCUT2D eigenvalue weighted by Gasteiger charge is 2.29. The molecule has 0 unspecified atom stereocenters. The largest absolute Gasteiger partial charge is 0.451 e. The summed E-state index contributed by atoms with van der Waals surface area (Å²) < 4.78 is 5.07. The number of amides is 3. The van der Waals surface area contributed by atoms with Crippen molar-refractivity contribution in [3.8, 4) is 0 Å². The lowest BCUT2D eigenvalue weighted by molar-refractivity contribution is -0.126. The molecule has 0 aromatic carbocycles. The first kappa shape index (κ1) is 18.9. The van der Waals surface area contributed by atoms with E-state index in [1.165, 1.54) is 28.2 Å². The summed E-state index contributed by atoms with van der Waals surface area (Å²) in [6.07, 6.45) is 5.49. The van der Waals surface area contributed by atoms with E-state index >= 15 is 0 Å². The monoisotopic (exact) mass is 396 g/mol. The maximum atomic E-state index is 12.1. The van der Waals surface area contributed by atoms with E-state index in [-0.39, 0.29) is 36.6 Å². The fraction of sp³-hybridized carbons (Fsp3) is 0.529. The Hall–Kier alpha value is -1.87. The average Bonchev–Trinajstić information content (AvgIpc) is 3.09. The summed E-state index contributed by atoms with van der Waals surface area (Å²) in [5.74, 6) is -1.05. The average molecular weight is 396 g/mol. The predicted octanol–water partition coefficient (Wildman–Crippen LogP) is 1.99. The number of hydrogen-bond donors (Lipinski definition) is 1. The van der Waals surface area contributed by atoms with Gasteiger partial charge in [0.15, 0.2) is 6.61 Å². The van der Waals surface area contributed by atoms with Crippen molar-refractivity contribution in [1.82, 2.24) is 10.2 Å². The van der Waals surface area contributed by atoms with Crippen molar-refractivity contribution in [2.45, 2.75) is 32.1 Å². The van der Waals surface area contributed by atoms with Crippen LogP contribution in [-0.2, 0) is 27.2 Å². The lowest BCUT2D eigenvalue weighted by Crippen LogP contribution is -2.38. The van der Waals surface area contributed by atoms with Crippen LogP contribution in [0.3, 0.4) is 0 Å². The Bertz CT molecular complexity index is 691. The third-order valence-corrected chi connectivity index (χ3v) is 6.36. The van der Waals surface area contributed by atoms with Crippen molar-refractivity contribution in [2.24, 2.45) is 0 Å². The summed E-state index contributed by atoms with van der Waals surface area (Å²) in [6, 6.07) is 1.88. The second-order valence-electron chi connectivity index (χ2n) is 6.15. The number of rotatable bonds is 6. The maximum Gasteiger partial charge on any atom is 0.348 e. The van der Waals surface area contributed by atoms with Gasteiger partial charge in [-0.25, -0.2) is 4.79 Å². The van der Waals surface area contributed by atoms with E-state index in [4.69, 9.17) is 4.74 Å². The smallest absolute Gasteiger partial charge is 0.348 e. The first-order valence-corrected chi connectivity index (χ1v) is 10.4. The van der Waals surface area contributed by atoms with Crippen LogP contribution in [-0.4, -0.2) is 53.4 Å². The molecule has 3 rings (SSSR count). The summed E-state index contributed by atoms with van der Waals surface area (Å²) in [4.78, 5) is 49.7. The molecule has 9 heteroatoms. The lowest BCUT2D eigenvalue weighted by atomic mass is 10.1. The fourth-order valence-corrected chi connectivity index (χ4v) is 4.82. The van der Waals surface area contributed by atoms with E-state index in [0.29, 0.717) is 4.88 Å². The number of carbonyl (C=O) groups excluding carboxylic acids is 4. The van der Waals surface area contributed by atoms with Gasteiger partial charge in [0.05, 0.1) is 5.75 Å². The highest BCUT2D eigenvalue weighted by atomic mass is 32.2. The molecule has 2 aliphatic rings. The molecular weight excluding hydrogens is 376 g/mol. The zero-order chi connectivity index (χ0) is 18.5. The van der Waals surface area contributed by atoms with E-state index in [1.807, 2.05) is 6.07 Å². The Kier molecular flexibility index (Phi) is 6.31. The van der Waals surface area contributed by atoms with Gasteiger partial charge in [-0.3, -0.25) is 19.3 Å². The molecule has 1 aromatic heterocycles. The van der Waals surface area contributed by atoms with Gasteiger partial charge >= 0.3 is 5.97 Å². The van der Waals surface area contributed by atoms with Crippen LogP contribution in [0.2, 0.25) is 0 Å². The molecule has 1 aromatic rings. The zero-order valence-corrected chi connectivity index (χ0v) is 15.9. The van der Waals surface area contributed by atoms with E-state index in [2.05, 4.69) is 5.32 Å². The standard InChI is InChI=1S/C17H20N2O5S2/c20-14(18-6-7-19-15(21)10-25-17(19)23)9-24-16(22)13-8-11-4-2-1-3-5-12(11)26-13/h8H,1-7,9-10H2,(H,18,20). The molecule has 1 N–H and O–H groups in total. The molecule has 140 valence electrons. The van der Waals surface area contributed by atoms with Crippen LogP contribution < -0.4 is 5.32 Å². The number of aryl methyl sites for hydroxylation is 2. The first-order chi connectivity index (χ1) is 12.5. The summed E-state index contributed by atoms with van der Waals surface area (Å²) in [7, 11) is 0. The third-order valence-electron chi connectivity index (χ3n) is 4.28. The van der Waals surface area contributed by atoms with Gasteiger partial charge in [0.2, 0.25) is 5.91 Å². The minimum Gasteiger partial charge on any atom is -0.451 e. The number of thiophene rings is 1. The molecule has 1 aliphatic heterocycles. The highest BCUT2D eigenvalue weighted by Crippen LogP contribution is 2.29. The van der Waals surface area contributed by atoms with Crippen molar-refractivity contribution in [3.63, 3.8) is 0 Å². The van der Waals surface area contributed by atoms with Crippen LogP contribution in [0.15, 0.2) is 6.07 Å². The normalized spacial score (nSPS) is 17.0. The third kappa shape index (κ3) is 4.64. The number of ether oxygens (including phenoxy) is 1. The zero-order valence-electron chi connectivity index (χ0n) is 14.2. The highest BCUT2D eigenvalue weighted by molar-refractivity contribution is 8.14. The molecule has 0 atom stereocenters. The Labute approximate surface area is 159 Å². The lowest BCUT2D eigenvalue weighted by Gasteiger charge is -2.13. The van der Waals surface area contributed by atoms with Crippen LogP contribution >= 0.6 is 23.1 Å². The Morgan fingerprint density at radius 1 is 1.19 bits per heavy atom. The molecule has 0 spiro atoms. The van der Waals surface area contributed by atoms with Crippen molar-refractivity contribution in [1.29, 1.82) is 0 Å². The van der Waals surface area contributed by atoms with Crippen LogP contribution in [0.1, 0.15) is 39.4 Å². The molecule has 1 fully saturated rings. The predicted molar refractivity (Wildman–Crippen MR) is 98.4 cm³/mol. The Balaban J connectivity index is 1.41. The Morgan fingerprint density at radius 2 is 2.00 bits per heavy atom. The van der Waals surface area contributed by atoms with Crippen molar-refractivity contribution in [2.75, 3.05) is 25.4 Å². The minimum absolute atomic E-state index is 0.127. The number of hydrogen-bond acceptors (Lipinski definition) is 7. The fourth-order valence-electron chi connectivity index (χ4n) is 2.93. The van der Waals surface area contributed by atoms with Gasteiger partial charge in [-0.05, 0) is 37.3 Å². The number of nitrogens with zero attached hydrogens (tertiary/aromatic N) is 1. The van der Waals surface area contributed by atoms with Crippen LogP contribution in [0, 0.1) is 0 Å². The van der Waals surface area contributed by atoms with Crippen molar-refractivity contribution >= 4 is 46.1 Å². The number of esters is 1. The number of fused-ring (bicyclic) bond motifs is 1. The maximum absolute atomic E-state index is 12.1. The SMILES string of the molecule is O=C(COC(=O)c1cc2c(s1)CCCCC2)NCCN1C(=O)CSC1=O. The number of thioether (sulfide) groups is 1. The van der Waals surface area contributed by atoms with Gasteiger partial charge in [0, 0.05) is 18.0 Å². The topological polar surface area (TPSA) is 92.8 Å². The molecule has 1 aliphatic carbocycles. The van der Waals surface area contributed by atoms with Gasteiger partial charge in [-0.2, -0.15) is 0 Å². The summed E-state index contributed by atoms with van der Waals surface area (Å²) >= 11 is 2.41. The molecule has 7 nitrogen and oxygen atoms in total. The van der Waals surface area contributed by atoms with Crippen LogP contribution in [0.4, 0.5) is 4.79 Å². The second kappa shape index (κ2) is 8.68. The van der Waals surface area contributed by atoms with E-state index in [1.54, 1.807) is 0 Å². The minimum atomic E-state index is -0.487. The molecule has 26 heavy (non-hydrogen) atoms. The van der Waals surface area contributed by atoms with Crippen molar-refractivity contribution in [3.05, 3.63) is 21.4 Å². The van der Waals surface area contributed by atoms with Crippen molar-refractivity contribution < 1.29 is 23.9 Å². The van der Waals surface area contributed by atoms with Gasteiger partial charge in [0.1, 0.15) is 4.88 Å². The van der Waals surface area contributed by atoms with Gasteiger partial charge < -0.3 is 10.1 Å². The summed E-state index contributed by atoms with van der Waals surface area (Å²) in [6.45, 7) is -0.109. The number of nitrogens with one attached hydrogen (secondary N) is 1. The van der Waals surface area contributed by atoms with E-state index in [9.17, 15) is 19.2 Å². The first-order valence-electron chi connectivity index (χ1n) is 8.57. The molecule has 2 heterocycles. The number of carbonyl (C=O) groups is 4. The number of imide groups is 1. The molecule has 0 radical (unpaired) electrons. The van der Waals surface area contributed by atoms with E-state index in [0.717, 1.165) is 42.3 Å². The van der Waals surface area contributed by atoms with Gasteiger partial charge in [-0.15, -0.1) is 11.3 Å². The second-order valence-corrected chi connectivity index (χ2v) is 8.21. The van der Waals surface area contributed by atoms with Gasteiger partial charge in [0.25, 0.3) is 11.1 Å². The summed E-state index contributed by atoms with van der Waals surface area (Å²) in [5.41, 5.74) is 1.22. The van der Waals surface area contributed by atoms with Crippen LogP contribution in [0.25, 0.3) is 0 Å². The van der Waals surface area contributed by atoms with Crippen LogP contribution in [0.5, 0.6) is 0 Å². The molecule has 0 saturated carbocycles. The van der Waals surface area contributed by atoms with Gasteiger partial charge in [-0.1, -0.05) is 18.2 Å². The molecule has 1 saturated heterocycles. The van der Waals surface area contributed by atoms with E-state index < -0.39 is 11.9 Å². The molecule has 3 amide bonds. The quantitative estimate of drug-likeness (QED) is 0.584. The Morgan fingerprint density at radius 3 is 2.77 bits per heavy atom. The molecular formula is C17H20N2O5S2.